The van der Waals surface area contributed by atoms with Crippen LogP contribution < -0.4 is 0 Å². The van der Waals surface area contributed by atoms with Crippen molar-refractivity contribution >= 4 is 13.3 Å². The van der Waals surface area contributed by atoms with Gasteiger partial charge in [-0.3, -0.25) is 0 Å². The minimum absolute atomic E-state index is 1.21. The van der Waals surface area contributed by atoms with Gasteiger partial charge in [-0.1, -0.05) is 61.2 Å². The highest BCUT2D eigenvalue weighted by Gasteiger charge is 2.18. The maximum absolute atomic E-state index is 4.19. The van der Waals surface area contributed by atoms with Gasteiger partial charge in [0.2, 0.25) is 0 Å². The summed E-state index contributed by atoms with van der Waals surface area (Å²) in [4.78, 5) is 0. The van der Waals surface area contributed by atoms with Gasteiger partial charge >= 0.3 is 0 Å². The maximum atomic E-state index is 4.19. The van der Waals surface area contributed by atoms with E-state index in [0.717, 1.165) is 0 Å². The Bertz CT molecular complexity index is 301. The standard InChI is InChI=1S/C12H18Si/c1-10-6-8-12(9-7-10)11(2)13(3,4)5/h6-9H,2H2,1,3-5H3. The van der Waals surface area contributed by atoms with Gasteiger partial charge in [0, 0.05) is 0 Å². The molecule has 0 saturated heterocycles. The van der Waals surface area contributed by atoms with Gasteiger partial charge in [0.05, 0.1) is 8.07 Å². The summed E-state index contributed by atoms with van der Waals surface area (Å²) in [5.41, 5.74) is 2.62. The summed E-state index contributed by atoms with van der Waals surface area (Å²) in [6.07, 6.45) is 0. The Morgan fingerprint density at radius 2 is 1.54 bits per heavy atom. The fourth-order valence-electron chi connectivity index (χ4n) is 1.19. The third kappa shape index (κ3) is 2.56. The van der Waals surface area contributed by atoms with Crippen molar-refractivity contribution in [3.63, 3.8) is 0 Å². The van der Waals surface area contributed by atoms with Crippen LogP contribution in [-0.2, 0) is 0 Å². The molecule has 0 aliphatic rings. The van der Waals surface area contributed by atoms with Crippen LogP contribution in [0.5, 0.6) is 0 Å². The van der Waals surface area contributed by atoms with Gasteiger partial charge in [0.1, 0.15) is 0 Å². The smallest absolute Gasteiger partial charge is 0.0776 e. The maximum Gasteiger partial charge on any atom is 0.0776 e. The van der Waals surface area contributed by atoms with E-state index in [4.69, 9.17) is 0 Å². The van der Waals surface area contributed by atoms with Crippen molar-refractivity contribution in [1.29, 1.82) is 0 Å². The van der Waals surface area contributed by atoms with Gasteiger partial charge in [-0.15, -0.1) is 0 Å². The van der Waals surface area contributed by atoms with E-state index < -0.39 is 8.07 Å². The molecule has 1 rings (SSSR count). The lowest BCUT2D eigenvalue weighted by Gasteiger charge is -2.19. The quantitative estimate of drug-likeness (QED) is 0.621. The lowest BCUT2D eigenvalue weighted by atomic mass is 10.1. The summed E-state index contributed by atoms with van der Waals surface area (Å²) in [6, 6.07) is 8.66. The minimum atomic E-state index is -1.21. The molecule has 0 spiro atoms. The van der Waals surface area contributed by atoms with Gasteiger partial charge in [-0.2, -0.15) is 0 Å². The van der Waals surface area contributed by atoms with Crippen LogP contribution >= 0.6 is 0 Å². The van der Waals surface area contributed by atoms with Crippen molar-refractivity contribution in [2.75, 3.05) is 0 Å². The molecule has 0 atom stereocenters. The Balaban J connectivity index is 2.97. The summed E-state index contributed by atoms with van der Waals surface area (Å²) in [5, 5.41) is 1.34. The molecule has 1 heteroatoms. The first-order valence-corrected chi connectivity index (χ1v) is 8.17. The van der Waals surface area contributed by atoms with Gasteiger partial charge in [-0.25, -0.2) is 0 Å². The third-order valence-electron chi connectivity index (χ3n) is 2.31. The number of aryl methyl sites for hydroxylation is 1. The first-order chi connectivity index (χ1) is 5.91. The van der Waals surface area contributed by atoms with Crippen LogP contribution in [0.4, 0.5) is 0 Å². The van der Waals surface area contributed by atoms with Crippen molar-refractivity contribution in [1.82, 2.24) is 0 Å². The van der Waals surface area contributed by atoms with Crippen LogP contribution in [0.25, 0.3) is 5.20 Å². The van der Waals surface area contributed by atoms with Crippen LogP contribution in [0.3, 0.4) is 0 Å². The molecule has 0 heterocycles. The van der Waals surface area contributed by atoms with Crippen LogP contribution in [0.1, 0.15) is 11.1 Å². The molecule has 1 aromatic rings. The average Bonchev–Trinajstić information content (AvgIpc) is 2.03. The van der Waals surface area contributed by atoms with E-state index in [-0.39, 0.29) is 0 Å². The summed E-state index contributed by atoms with van der Waals surface area (Å²) in [6.45, 7) is 13.3. The SMILES string of the molecule is C=C(c1ccc(C)cc1)[Si](C)(C)C. The largest absolute Gasteiger partial charge is 0.0992 e. The highest BCUT2D eigenvalue weighted by Crippen LogP contribution is 2.23. The molecule has 70 valence electrons. The molecule has 0 nitrogen and oxygen atoms in total. The zero-order chi connectivity index (χ0) is 10.1. The Morgan fingerprint density at radius 3 is 1.92 bits per heavy atom. The minimum Gasteiger partial charge on any atom is -0.0992 e. The Morgan fingerprint density at radius 1 is 1.08 bits per heavy atom. The fraction of sp³-hybridized carbons (Fsp3) is 0.333. The summed E-state index contributed by atoms with van der Waals surface area (Å²) < 4.78 is 0. The number of hydrogen-bond acceptors (Lipinski definition) is 0. The number of rotatable bonds is 2. The molecule has 0 saturated carbocycles. The van der Waals surface area contributed by atoms with Crippen LogP contribution in [0.15, 0.2) is 30.8 Å². The molecule has 0 aliphatic carbocycles. The molecule has 13 heavy (non-hydrogen) atoms. The molecule has 0 unspecified atom stereocenters. The number of hydrogen-bond donors (Lipinski definition) is 0. The average molecular weight is 190 g/mol. The molecule has 0 aromatic heterocycles. The Kier molecular flexibility index (Phi) is 2.76. The predicted molar refractivity (Wildman–Crippen MR) is 63.6 cm³/mol. The van der Waals surface area contributed by atoms with Crippen molar-refractivity contribution in [3.05, 3.63) is 42.0 Å². The van der Waals surface area contributed by atoms with Crippen LogP contribution in [-0.4, -0.2) is 8.07 Å². The Hall–Kier alpha value is -0.823. The first kappa shape index (κ1) is 10.3. The van der Waals surface area contributed by atoms with Crippen LogP contribution in [0, 0.1) is 6.92 Å². The fourth-order valence-corrected chi connectivity index (χ4v) is 2.22. The van der Waals surface area contributed by atoms with Crippen molar-refractivity contribution in [2.24, 2.45) is 0 Å². The second-order valence-corrected chi connectivity index (χ2v) is 9.70. The summed E-state index contributed by atoms with van der Waals surface area (Å²) in [7, 11) is -1.21. The lowest BCUT2D eigenvalue weighted by molar-refractivity contribution is 1.46. The second-order valence-electron chi connectivity index (χ2n) is 4.59. The molecule has 0 radical (unpaired) electrons. The van der Waals surface area contributed by atoms with Crippen LogP contribution in [0.2, 0.25) is 19.6 Å². The molecular formula is C12H18Si. The summed E-state index contributed by atoms with van der Waals surface area (Å²) >= 11 is 0. The predicted octanol–water partition coefficient (Wildman–Crippen LogP) is 3.89. The van der Waals surface area contributed by atoms with E-state index in [1.807, 2.05) is 0 Å². The first-order valence-electron chi connectivity index (χ1n) is 4.67. The van der Waals surface area contributed by atoms with E-state index in [9.17, 15) is 0 Å². The van der Waals surface area contributed by atoms with E-state index >= 15 is 0 Å². The van der Waals surface area contributed by atoms with E-state index in [0.29, 0.717) is 0 Å². The van der Waals surface area contributed by atoms with E-state index in [1.165, 1.54) is 16.3 Å². The van der Waals surface area contributed by atoms with Gasteiger partial charge in [0.25, 0.3) is 0 Å². The molecule has 0 N–H and O–H groups in total. The van der Waals surface area contributed by atoms with Crippen molar-refractivity contribution in [2.45, 2.75) is 26.6 Å². The van der Waals surface area contributed by atoms with E-state index in [1.54, 1.807) is 0 Å². The highest BCUT2D eigenvalue weighted by molar-refractivity contribution is 6.93. The lowest BCUT2D eigenvalue weighted by Crippen LogP contribution is -2.21. The molecule has 0 bridgehead atoms. The molecule has 0 fully saturated rings. The highest BCUT2D eigenvalue weighted by atomic mass is 28.3. The second kappa shape index (κ2) is 3.50. The van der Waals surface area contributed by atoms with Gasteiger partial charge < -0.3 is 0 Å². The summed E-state index contributed by atoms with van der Waals surface area (Å²) in [5.74, 6) is 0. The third-order valence-corrected chi connectivity index (χ3v) is 4.40. The normalized spacial score (nSPS) is 11.4. The molecule has 1 aromatic carbocycles. The topological polar surface area (TPSA) is 0 Å². The monoisotopic (exact) mass is 190 g/mol. The zero-order valence-corrected chi connectivity index (χ0v) is 10.0. The van der Waals surface area contributed by atoms with Gasteiger partial charge in [-0.05, 0) is 12.5 Å². The Labute approximate surface area is 82.3 Å². The molecule has 0 aliphatic heterocycles. The molecular weight excluding hydrogens is 172 g/mol. The molecule has 0 amide bonds. The van der Waals surface area contributed by atoms with Crippen molar-refractivity contribution in [3.8, 4) is 0 Å². The van der Waals surface area contributed by atoms with E-state index in [2.05, 4.69) is 57.4 Å². The zero-order valence-electron chi connectivity index (χ0n) is 9.02. The number of benzene rings is 1. The van der Waals surface area contributed by atoms with Crippen molar-refractivity contribution < 1.29 is 0 Å². The van der Waals surface area contributed by atoms with Gasteiger partial charge in [0.15, 0.2) is 0 Å².